The quantitative estimate of drug-likeness (QED) is 0.184. The first-order valence-corrected chi connectivity index (χ1v) is 14.5. The zero-order valence-corrected chi connectivity index (χ0v) is 25.0. The summed E-state index contributed by atoms with van der Waals surface area (Å²) in [5.74, 6) is 1.39. The number of amides is 3. The van der Waals surface area contributed by atoms with Crippen LogP contribution in [0.15, 0.2) is 78.9 Å². The Labute approximate surface area is 256 Å². The lowest BCUT2D eigenvalue weighted by Gasteiger charge is -2.41. The van der Waals surface area contributed by atoms with Crippen molar-refractivity contribution >= 4 is 17.6 Å². The molecule has 0 aliphatic carbocycles. The summed E-state index contributed by atoms with van der Waals surface area (Å²) in [6.07, 6.45) is 4.98. The molecule has 3 heterocycles. The van der Waals surface area contributed by atoms with Crippen molar-refractivity contribution in [2.24, 2.45) is 5.41 Å². The van der Waals surface area contributed by atoms with Crippen molar-refractivity contribution in [2.45, 2.75) is 44.9 Å². The van der Waals surface area contributed by atoms with Crippen molar-refractivity contribution in [3.63, 3.8) is 0 Å². The molecule has 2 aliphatic heterocycles. The fourth-order valence-electron chi connectivity index (χ4n) is 5.41. The number of hydrazine groups is 1. The van der Waals surface area contributed by atoms with Crippen LogP contribution in [0.1, 0.15) is 43.5 Å². The van der Waals surface area contributed by atoms with Gasteiger partial charge in [0.05, 0.1) is 24.4 Å². The summed E-state index contributed by atoms with van der Waals surface area (Å²) in [5.41, 5.74) is 8.98. The van der Waals surface area contributed by atoms with Crippen LogP contribution in [-0.4, -0.2) is 52.9 Å². The highest BCUT2D eigenvalue weighted by atomic mass is 16.5. The number of fused-ring (bicyclic) bond motifs is 1. The molecule has 232 valence electrons. The highest BCUT2D eigenvalue weighted by Crippen LogP contribution is 2.43. The highest BCUT2D eigenvalue weighted by molar-refractivity contribution is 5.90. The Morgan fingerprint density at radius 2 is 1.93 bits per heavy atom. The average molecular weight is 602 g/mol. The maximum absolute atomic E-state index is 13.0. The maximum Gasteiger partial charge on any atom is 0.324 e. The number of benzene rings is 2. The number of aliphatic hydroxyl groups is 2. The number of anilines is 1. The number of ether oxygens (including phenoxy) is 1. The van der Waals surface area contributed by atoms with E-state index in [9.17, 15) is 14.7 Å². The smallest absolute Gasteiger partial charge is 0.324 e. The summed E-state index contributed by atoms with van der Waals surface area (Å²) in [6, 6.07) is 15.7. The highest BCUT2D eigenvalue weighted by Gasteiger charge is 2.46. The van der Waals surface area contributed by atoms with Gasteiger partial charge in [-0.1, -0.05) is 45.0 Å². The van der Waals surface area contributed by atoms with Crippen LogP contribution in [0.4, 0.5) is 10.5 Å². The first-order chi connectivity index (χ1) is 21.1. The van der Waals surface area contributed by atoms with Gasteiger partial charge in [-0.25, -0.2) is 10.2 Å². The molecular formula is C32H39N7O5. The van der Waals surface area contributed by atoms with E-state index in [4.69, 9.17) is 9.84 Å². The number of hydrogen-bond acceptors (Lipinski definition) is 9. The lowest BCUT2D eigenvalue weighted by atomic mass is 9.69. The minimum Gasteiger partial charge on any atom is -0.456 e. The summed E-state index contributed by atoms with van der Waals surface area (Å²) in [6.45, 7) is 6.50. The number of pyridine rings is 1. The Balaban J connectivity index is 1.31. The number of hydrogen-bond donors (Lipinski definition) is 8. The van der Waals surface area contributed by atoms with Crippen LogP contribution in [0.2, 0.25) is 0 Å². The molecule has 8 N–H and O–H groups in total. The first-order valence-electron chi connectivity index (χ1n) is 14.5. The van der Waals surface area contributed by atoms with Crippen LogP contribution >= 0.6 is 0 Å². The number of aromatic nitrogens is 1. The van der Waals surface area contributed by atoms with Gasteiger partial charge in [0.15, 0.2) is 0 Å². The molecule has 0 fully saturated rings. The number of carbonyl (C=O) groups excluding carboxylic acids is 2. The Morgan fingerprint density at radius 1 is 1.11 bits per heavy atom. The monoisotopic (exact) mass is 601 g/mol. The molecule has 3 aromatic rings. The summed E-state index contributed by atoms with van der Waals surface area (Å²) < 4.78 is 5.82. The van der Waals surface area contributed by atoms with Gasteiger partial charge in [0, 0.05) is 31.0 Å². The third-order valence-electron chi connectivity index (χ3n) is 7.79. The van der Waals surface area contributed by atoms with Crippen molar-refractivity contribution < 1.29 is 24.5 Å². The number of aliphatic hydroxyl groups excluding tert-OH is 2. The molecule has 12 nitrogen and oxygen atoms in total. The summed E-state index contributed by atoms with van der Waals surface area (Å²) >= 11 is 0. The molecule has 0 spiro atoms. The van der Waals surface area contributed by atoms with Crippen LogP contribution in [0, 0.1) is 5.41 Å². The SMILES string of the molecule is CC(C)(C)C1(c2ccc3c(c2)CCNC3C(=O)NCC(O)CO)C=C(NC(=O)Nc2cccc(Oc3cccnc3)c2)NN1. The Morgan fingerprint density at radius 3 is 2.68 bits per heavy atom. The third kappa shape index (κ3) is 6.84. The van der Waals surface area contributed by atoms with Crippen LogP contribution in [0.3, 0.4) is 0 Å². The molecule has 5 rings (SSSR count). The van der Waals surface area contributed by atoms with Crippen LogP contribution in [-0.2, 0) is 16.8 Å². The largest absolute Gasteiger partial charge is 0.456 e. The minimum absolute atomic E-state index is 0.0254. The van der Waals surface area contributed by atoms with Crippen molar-refractivity contribution in [2.75, 3.05) is 25.0 Å². The van der Waals surface area contributed by atoms with Gasteiger partial charge in [0.2, 0.25) is 5.91 Å². The predicted octanol–water partition coefficient (Wildman–Crippen LogP) is 2.54. The van der Waals surface area contributed by atoms with Gasteiger partial charge >= 0.3 is 6.03 Å². The third-order valence-corrected chi connectivity index (χ3v) is 7.79. The van der Waals surface area contributed by atoms with E-state index >= 15 is 0 Å². The lowest BCUT2D eigenvalue weighted by Crippen LogP contribution is -2.52. The molecule has 1 aromatic heterocycles. The van der Waals surface area contributed by atoms with Crippen LogP contribution in [0.25, 0.3) is 0 Å². The standard InChI is InChI=1S/C32H39N7O5/c1-31(2,3)32(21-9-10-26-20(14-21)11-13-34-28(26)29(42)35-17-23(41)19-40)16-27(38-39-32)37-30(43)36-22-6-4-7-24(15-22)44-25-8-5-12-33-18-25/h4-10,12,14-16,18,23,28,34,38-41H,11,13,17,19H2,1-3H3,(H,35,42)(H2,36,37,43). The number of urea groups is 1. The van der Waals surface area contributed by atoms with E-state index in [1.807, 2.05) is 18.2 Å². The van der Waals surface area contributed by atoms with Crippen molar-refractivity contribution in [1.29, 1.82) is 0 Å². The number of nitrogens with one attached hydrogen (secondary N) is 6. The minimum atomic E-state index is -1.01. The molecule has 3 amide bonds. The molecule has 0 saturated heterocycles. The van der Waals surface area contributed by atoms with Crippen molar-refractivity contribution in [3.05, 3.63) is 95.6 Å². The zero-order valence-electron chi connectivity index (χ0n) is 25.0. The second kappa shape index (κ2) is 13.0. The molecule has 0 saturated carbocycles. The van der Waals surface area contributed by atoms with E-state index in [0.717, 1.165) is 23.1 Å². The van der Waals surface area contributed by atoms with Crippen molar-refractivity contribution in [1.82, 2.24) is 31.8 Å². The second-order valence-corrected chi connectivity index (χ2v) is 11.9. The second-order valence-electron chi connectivity index (χ2n) is 11.9. The molecule has 2 aliphatic rings. The van der Waals surface area contributed by atoms with Gasteiger partial charge in [0.1, 0.15) is 23.4 Å². The Hall–Kier alpha value is -4.49. The van der Waals surface area contributed by atoms with Gasteiger partial charge in [0.25, 0.3) is 0 Å². The molecule has 0 radical (unpaired) electrons. The summed E-state index contributed by atoms with van der Waals surface area (Å²) in [4.78, 5) is 29.9. The lowest BCUT2D eigenvalue weighted by molar-refractivity contribution is -0.124. The van der Waals surface area contributed by atoms with Gasteiger partial charge in [-0.15, -0.1) is 0 Å². The molecule has 12 heteroatoms. The van der Waals surface area contributed by atoms with E-state index in [-0.39, 0.29) is 17.9 Å². The molecular weight excluding hydrogens is 562 g/mol. The van der Waals surface area contributed by atoms with Crippen molar-refractivity contribution in [3.8, 4) is 11.5 Å². The van der Waals surface area contributed by atoms with Crippen LogP contribution in [0.5, 0.6) is 11.5 Å². The topological polar surface area (TPSA) is 169 Å². The van der Waals surface area contributed by atoms with E-state index in [2.05, 4.69) is 63.9 Å². The first kappa shape index (κ1) is 31.0. The van der Waals surface area contributed by atoms with Crippen LogP contribution < -0.4 is 36.9 Å². The van der Waals surface area contributed by atoms with Gasteiger partial charge in [-0.3, -0.25) is 15.1 Å². The average Bonchev–Trinajstić information content (AvgIpc) is 3.45. The fourth-order valence-corrected chi connectivity index (χ4v) is 5.41. The Bertz CT molecular complexity index is 1520. The molecule has 0 bridgehead atoms. The predicted molar refractivity (Wildman–Crippen MR) is 165 cm³/mol. The molecule has 3 unspecified atom stereocenters. The Kier molecular flexibility index (Phi) is 9.16. The van der Waals surface area contributed by atoms with Gasteiger partial charge in [-0.05, 0) is 58.9 Å². The molecule has 2 aromatic carbocycles. The fraction of sp³-hybridized carbons (Fsp3) is 0.344. The van der Waals surface area contributed by atoms with Gasteiger partial charge < -0.3 is 36.3 Å². The van der Waals surface area contributed by atoms with E-state index in [0.29, 0.717) is 29.6 Å². The number of carbonyl (C=O) groups is 2. The molecule has 44 heavy (non-hydrogen) atoms. The van der Waals surface area contributed by atoms with Gasteiger partial charge in [-0.2, -0.15) is 0 Å². The summed E-state index contributed by atoms with van der Waals surface area (Å²) in [7, 11) is 0. The van der Waals surface area contributed by atoms with E-state index < -0.39 is 30.3 Å². The maximum atomic E-state index is 13.0. The summed E-state index contributed by atoms with van der Waals surface area (Å²) in [5, 5.41) is 30.4. The van der Waals surface area contributed by atoms with E-state index in [1.54, 1.807) is 48.8 Å². The zero-order chi connectivity index (χ0) is 31.3. The molecule has 3 atom stereocenters. The number of rotatable bonds is 9. The normalized spacial score (nSPS) is 20.0. The number of nitrogens with zero attached hydrogens (tertiary/aromatic N) is 1. The van der Waals surface area contributed by atoms with E-state index in [1.165, 1.54) is 0 Å².